The second-order valence-electron chi connectivity index (χ2n) is 6.60. The largest absolute Gasteiger partial charge is 0.495 e. The number of aliphatic hydroxyl groups is 1. The molecule has 1 heterocycles. The van der Waals surface area contributed by atoms with Crippen LogP contribution >= 0.6 is 0 Å². The van der Waals surface area contributed by atoms with Crippen LogP contribution in [0.1, 0.15) is 0 Å². The van der Waals surface area contributed by atoms with Crippen molar-refractivity contribution < 1.29 is 27.8 Å². The van der Waals surface area contributed by atoms with E-state index in [1.54, 1.807) is 7.11 Å². The number of ether oxygens (including phenoxy) is 2. The second-order valence-corrected chi connectivity index (χ2v) is 6.60. The molecule has 0 bridgehead atoms. The first-order valence-corrected chi connectivity index (χ1v) is 9.04. The fraction of sp³-hybridized carbons (Fsp3) is 0.400. The number of β-amino-alcohol motifs (C(OH)–C–C–N with tert-alkyl or cyclic N) is 1. The van der Waals surface area contributed by atoms with Crippen LogP contribution in [0, 0.1) is 17.5 Å². The van der Waals surface area contributed by atoms with Crippen LogP contribution in [0.4, 0.5) is 18.9 Å². The molecule has 2 aromatic rings. The van der Waals surface area contributed by atoms with Gasteiger partial charge in [-0.15, -0.1) is 0 Å². The summed E-state index contributed by atoms with van der Waals surface area (Å²) in [5.74, 6) is -3.85. The SMILES string of the molecule is COc1ccccc1N1CCN(CC(O)COc2ccc(F)c(F)c2F)CC1. The first-order valence-electron chi connectivity index (χ1n) is 9.04. The van der Waals surface area contributed by atoms with E-state index in [0.717, 1.165) is 49.7 Å². The third kappa shape index (κ3) is 4.69. The fourth-order valence-electron chi connectivity index (χ4n) is 3.22. The molecule has 0 aromatic heterocycles. The van der Waals surface area contributed by atoms with Crippen molar-refractivity contribution in [3.8, 4) is 11.5 Å². The number of halogens is 3. The van der Waals surface area contributed by atoms with Crippen LogP contribution in [-0.2, 0) is 0 Å². The average Bonchev–Trinajstić information content (AvgIpc) is 2.72. The summed E-state index contributed by atoms with van der Waals surface area (Å²) < 4.78 is 50.2. The second kappa shape index (κ2) is 9.16. The highest BCUT2D eigenvalue weighted by Gasteiger charge is 2.22. The predicted molar refractivity (Wildman–Crippen MR) is 99.5 cm³/mol. The molecule has 3 rings (SSSR count). The van der Waals surface area contributed by atoms with Gasteiger partial charge in [0.05, 0.1) is 12.8 Å². The van der Waals surface area contributed by atoms with E-state index >= 15 is 0 Å². The van der Waals surface area contributed by atoms with E-state index in [1.807, 2.05) is 24.3 Å². The minimum absolute atomic E-state index is 0.214. The van der Waals surface area contributed by atoms with Gasteiger partial charge in [-0.05, 0) is 24.3 Å². The van der Waals surface area contributed by atoms with Crippen molar-refractivity contribution in [1.29, 1.82) is 0 Å². The van der Waals surface area contributed by atoms with E-state index in [9.17, 15) is 18.3 Å². The molecule has 8 heteroatoms. The molecule has 1 N–H and O–H groups in total. The Morgan fingerprint density at radius 3 is 2.39 bits per heavy atom. The predicted octanol–water partition coefficient (Wildman–Crippen LogP) is 2.67. The van der Waals surface area contributed by atoms with Crippen LogP contribution in [0.2, 0.25) is 0 Å². The molecule has 2 aromatic carbocycles. The number of piperazine rings is 1. The van der Waals surface area contributed by atoms with Crippen LogP contribution in [0.5, 0.6) is 11.5 Å². The molecular weight excluding hydrogens is 373 g/mol. The monoisotopic (exact) mass is 396 g/mol. The summed E-state index contributed by atoms with van der Waals surface area (Å²) in [6.45, 7) is 3.13. The quantitative estimate of drug-likeness (QED) is 0.730. The summed E-state index contributed by atoms with van der Waals surface area (Å²) in [7, 11) is 1.64. The van der Waals surface area contributed by atoms with E-state index in [1.165, 1.54) is 0 Å². The van der Waals surface area contributed by atoms with E-state index in [4.69, 9.17) is 9.47 Å². The lowest BCUT2D eigenvalue weighted by molar-refractivity contribution is 0.0645. The maximum Gasteiger partial charge on any atom is 0.203 e. The topological polar surface area (TPSA) is 45.2 Å². The van der Waals surface area contributed by atoms with Crippen molar-refractivity contribution in [2.75, 3.05) is 51.3 Å². The Balaban J connectivity index is 1.47. The molecule has 0 aliphatic carbocycles. The van der Waals surface area contributed by atoms with Crippen molar-refractivity contribution in [3.05, 3.63) is 53.8 Å². The highest BCUT2D eigenvalue weighted by molar-refractivity contribution is 5.58. The third-order valence-corrected chi connectivity index (χ3v) is 4.70. The number of hydrogen-bond acceptors (Lipinski definition) is 5. The Labute approximate surface area is 161 Å². The van der Waals surface area contributed by atoms with Crippen molar-refractivity contribution >= 4 is 5.69 Å². The Kier molecular flexibility index (Phi) is 6.64. The molecule has 1 aliphatic heterocycles. The van der Waals surface area contributed by atoms with Gasteiger partial charge in [0.15, 0.2) is 17.4 Å². The van der Waals surface area contributed by atoms with Gasteiger partial charge < -0.3 is 19.5 Å². The number of aliphatic hydroxyl groups excluding tert-OH is 1. The van der Waals surface area contributed by atoms with Gasteiger partial charge in [-0.2, -0.15) is 4.39 Å². The van der Waals surface area contributed by atoms with Gasteiger partial charge in [0.25, 0.3) is 0 Å². The normalized spacial score (nSPS) is 16.1. The number of para-hydroxylation sites is 2. The van der Waals surface area contributed by atoms with Crippen molar-refractivity contribution in [2.45, 2.75) is 6.10 Å². The van der Waals surface area contributed by atoms with Gasteiger partial charge in [0.1, 0.15) is 18.5 Å². The Hall–Kier alpha value is -2.45. The van der Waals surface area contributed by atoms with Crippen LogP contribution in [0.3, 0.4) is 0 Å². The molecule has 28 heavy (non-hydrogen) atoms. The lowest BCUT2D eigenvalue weighted by atomic mass is 10.2. The average molecular weight is 396 g/mol. The standard InChI is InChI=1S/C20H23F3N2O3/c1-27-17-5-3-2-4-16(17)25-10-8-24(9-11-25)12-14(26)13-28-18-7-6-15(21)19(22)20(18)23/h2-7,14,26H,8-13H2,1H3. The Bertz CT molecular complexity index is 798. The number of anilines is 1. The van der Waals surface area contributed by atoms with E-state index < -0.39 is 29.3 Å². The molecule has 1 unspecified atom stereocenters. The molecule has 5 nitrogen and oxygen atoms in total. The lowest BCUT2D eigenvalue weighted by Crippen LogP contribution is -2.49. The van der Waals surface area contributed by atoms with Crippen molar-refractivity contribution in [1.82, 2.24) is 4.90 Å². The highest BCUT2D eigenvalue weighted by atomic mass is 19.2. The number of rotatable bonds is 7. The molecule has 1 atom stereocenters. The minimum atomic E-state index is -1.58. The smallest absolute Gasteiger partial charge is 0.203 e. The Morgan fingerprint density at radius 2 is 1.68 bits per heavy atom. The maximum absolute atomic E-state index is 13.6. The van der Waals surface area contributed by atoms with Crippen LogP contribution in [0.15, 0.2) is 36.4 Å². The van der Waals surface area contributed by atoms with Crippen molar-refractivity contribution in [3.63, 3.8) is 0 Å². The zero-order valence-electron chi connectivity index (χ0n) is 15.6. The summed E-state index contributed by atoms with van der Waals surface area (Å²) in [6, 6.07) is 9.60. The molecule has 0 saturated carbocycles. The molecule has 1 saturated heterocycles. The molecular formula is C20H23F3N2O3. The van der Waals surface area contributed by atoms with Gasteiger partial charge in [-0.3, -0.25) is 4.90 Å². The highest BCUT2D eigenvalue weighted by Crippen LogP contribution is 2.28. The van der Waals surface area contributed by atoms with Gasteiger partial charge in [-0.25, -0.2) is 8.78 Å². The molecule has 152 valence electrons. The number of hydrogen-bond donors (Lipinski definition) is 1. The molecule has 1 aliphatic rings. The van der Waals surface area contributed by atoms with E-state index in [-0.39, 0.29) is 6.61 Å². The van der Waals surface area contributed by atoms with Gasteiger partial charge in [0.2, 0.25) is 5.82 Å². The minimum Gasteiger partial charge on any atom is -0.495 e. The number of methoxy groups -OCH3 is 1. The van der Waals surface area contributed by atoms with Gasteiger partial charge in [0, 0.05) is 32.7 Å². The summed E-state index contributed by atoms with van der Waals surface area (Å²) in [5, 5.41) is 10.2. The summed E-state index contributed by atoms with van der Waals surface area (Å²) >= 11 is 0. The zero-order valence-corrected chi connectivity index (χ0v) is 15.6. The van der Waals surface area contributed by atoms with Gasteiger partial charge in [-0.1, -0.05) is 12.1 Å². The van der Waals surface area contributed by atoms with E-state index in [0.29, 0.717) is 6.54 Å². The lowest BCUT2D eigenvalue weighted by Gasteiger charge is -2.37. The summed E-state index contributed by atoms with van der Waals surface area (Å²) in [5.41, 5.74) is 1.03. The van der Waals surface area contributed by atoms with Crippen LogP contribution < -0.4 is 14.4 Å². The summed E-state index contributed by atoms with van der Waals surface area (Å²) in [4.78, 5) is 4.29. The fourth-order valence-corrected chi connectivity index (χ4v) is 3.22. The van der Waals surface area contributed by atoms with Crippen molar-refractivity contribution in [2.24, 2.45) is 0 Å². The zero-order chi connectivity index (χ0) is 20.1. The number of benzene rings is 2. The van der Waals surface area contributed by atoms with Crippen LogP contribution in [-0.4, -0.2) is 62.6 Å². The Morgan fingerprint density at radius 1 is 0.964 bits per heavy atom. The summed E-state index contributed by atoms with van der Waals surface area (Å²) in [6.07, 6.45) is -0.884. The van der Waals surface area contributed by atoms with Gasteiger partial charge >= 0.3 is 0 Å². The van der Waals surface area contributed by atoms with Crippen LogP contribution in [0.25, 0.3) is 0 Å². The molecule has 1 fully saturated rings. The van der Waals surface area contributed by atoms with E-state index in [2.05, 4.69) is 9.80 Å². The third-order valence-electron chi connectivity index (χ3n) is 4.70. The first-order chi connectivity index (χ1) is 13.5. The molecule has 0 radical (unpaired) electrons. The first kappa shape index (κ1) is 20.3. The molecule has 0 spiro atoms. The maximum atomic E-state index is 13.6. The molecule has 0 amide bonds. The number of nitrogens with zero attached hydrogens (tertiary/aromatic N) is 2.